The average molecular weight is 265 g/mol. The number of nitrogens with one attached hydrogen (secondary N) is 1. The van der Waals surface area contributed by atoms with Gasteiger partial charge in [0.05, 0.1) is 5.75 Å². The van der Waals surface area contributed by atoms with Gasteiger partial charge in [-0.2, -0.15) is 0 Å². The van der Waals surface area contributed by atoms with Crippen LogP contribution in [0.15, 0.2) is 0 Å². The SMILES string of the molecule is CCS(=O)(=O)CCCNCC(C)(C)CCOC. The van der Waals surface area contributed by atoms with E-state index in [0.717, 1.165) is 26.1 Å². The Balaban J connectivity index is 3.64. The van der Waals surface area contributed by atoms with Crippen LogP contribution in [0.2, 0.25) is 0 Å². The molecule has 1 N–H and O–H groups in total. The van der Waals surface area contributed by atoms with E-state index in [2.05, 4.69) is 19.2 Å². The van der Waals surface area contributed by atoms with Crippen LogP contribution in [0, 0.1) is 5.41 Å². The fraction of sp³-hybridized carbons (Fsp3) is 1.00. The van der Waals surface area contributed by atoms with E-state index in [1.165, 1.54) is 0 Å². The molecule has 17 heavy (non-hydrogen) atoms. The number of rotatable bonds is 10. The molecule has 5 heteroatoms. The van der Waals surface area contributed by atoms with Crippen LogP contribution in [-0.2, 0) is 14.6 Å². The molecule has 0 aromatic rings. The highest BCUT2D eigenvalue weighted by atomic mass is 32.2. The van der Waals surface area contributed by atoms with Gasteiger partial charge < -0.3 is 10.1 Å². The van der Waals surface area contributed by atoms with E-state index in [0.29, 0.717) is 6.42 Å². The first-order valence-electron chi connectivity index (χ1n) is 6.23. The van der Waals surface area contributed by atoms with Crippen LogP contribution in [0.25, 0.3) is 0 Å². The summed E-state index contributed by atoms with van der Waals surface area (Å²) >= 11 is 0. The molecule has 0 aromatic carbocycles. The smallest absolute Gasteiger partial charge is 0.150 e. The Labute approximate surface area is 106 Å². The van der Waals surface area contributed by atoms with Crippen molar-refractivity contribution in [1.29, 1.82) is 0 Å². The van der Waals surface area contributed by atoms with Gasteiger partial charge >= 0.3 is 0 Å². The summed E-state index contributed by atoms with van der Waals surface area (Å²) < 4.78 is 27.6. The van der Waals surface area contributed by atoms with Crippen LogP contribution in [0.3, 0.4) is 0 Å². The lowest BCUT2D eigenvalue weighted by Crippen LogP contribution is -2.31. The Hall–Kier alpha value is -0.130. The second-order valence-corrected chi connectivity index (χ2v) is 7.65. The van der Waals surface area contributed by atoms with Crippen molar-refractivity contribution in [3.05, 3.63) is 0 Å². The molecule has 0 radical (unpaired) electrons. The quantitative estimate of drug-likeness (QED) is 0.608. The monoisotopic (exact) mass is 265 g/mol. The Morgan fingerprint density at radius 3 is 2.47 bits per heavy atom. The highest BCUT2D eigenvalue weighted by Gasteiger charge is 2.16. The molecule has 0 saturated heterocycles. The number of hydrogen-bond donors (Lipinski definition) is 1. The topological polar surface area (TPSA) is 55.4 Å². The van der Waals surface area contributed by atoms with Gasteiger partial charge in [0.25, 0.3) is 0 Å². The summed E-state index contributed by atoms with van der Waals surface area (Å²) in [6.45, 7) is 8.47. The lowest BCUT2D eigenvalue weighted by atomic mass is 9.90. The van der Waals surface area contributed by atoms with Gasteiger partial charge in [-0.3, -0.25) is 0 Å². The first-order chi connectivity index (χ1) is 7.83. The molecule has 104 valence electrons. The van der Waals surface area contributed by atoms with Crippen LogP contribution in [-0.4, -0.2) is 46.7 Å². The third kappa shape index (κ3) is 9.56. The second-order valence-electron chi connectivity index (χ2n) is 5.17. The van der Waals surface area contributed by atoms with Crippen LogP contribution < -0.4 is 5.32 Å². The lowest BCUT2D eigenvalue weighted by molar-refractivity contribution is 0.151. The van der Waals surface area contributed by atoms with Gasteiger partial charge in [0.15, 0.2) is 0 Å². The number of sulfone groups is 1. The third-order valence-electron chi connectivity index (χ3n) is 2.84. The van der Waals surface area contributed by atoms with Crippen molar-refractivity contribution in [2.75, 3.05) is 38.3 Å². The fourth-order valence-corrected chi connectivity index (χ4v) is 2.33. The normalized spacial score (nSPS) is 12.9. The Bertz CT molecular complexity index is 286. The van der Waals surface area contributed by atoms with E-state index in [9.17, 15) is 8.42 Å². The Morgan fingerprint density at radius 2 is 1.94 bits per heavy atom. The van der Waals surface area contributed by atoms with Crippen LogP contribution in [0.1, 0.15) is 33.6 Å². The van der Waals surface area contributed by atoms with E-state index < -0.39 is 9.84 Å². The molecule has 0 amide bonds. The maximum absolute atomic E-state index is 11.3. The summed E-state index contributed by atoms with van der Waals surface area (Å²) in [5, 5.41) is 3.31. The Kier molecular flexibility index (Phi) is 8.00. The van der Waals surface area contributed by atoms with Gasteiger partial charge in [-0.15, -0.1) is 0 Å². The molecule has 0 aromatic heterocycles. The van der Waals surface area contributed by atoms with Crippen LogP contribution in [0.4, 0.5) is 0 Å². The molecule has 0 heterocycles. The number of ether oxygens (including phenoxy) is 1. The Morgan fingerprint density at radius 1 is 1.29 bits per heavy atom. The van der Waals surface area contributed by atoms with E-state index in [1.54, 1.807) is 14.0 Å². The minimum Gasteiger partial charge on any atom is -0.385 e. The van der Waals surface area contributed by atoms with Gasteiger partial charge in [-0.05, 0) is 24.8 Å². The molecule has 0 saturated carbocycles. The number of methoxy groups -OCH3 is 1. The molecule has 0 aliphatic heterocycles. The molecule has 0 fully saturated rings. The van der Waals surface area contributed by atoms with Crippen molar-refractivity contribution in [2.24, 2.45) is 5.41 Å². The van der Waals surface area contributed by atoms with Gasteiger partial charge in [-0.25, -0.2) is 8.42 Å². The maximum atomic E-state index is 11.3. The van der Waals surface area contributed by atoms with Crippen molar-refractivity contribution in [3.63, 3.8) is 0 Å². The second kappa shape index (κ2) is 8.06. The van der Waals surface area contributed by atoms with Gasteiger partial charge in [0.2, 0.25) is 0 Å². The summed E-state index contributed by atoms with van der Waals surface area (Å²) in [5.41, 5.74) is 0.194. The van der Waals surface area contributed by atoms with Crippen molar-refractivity contribution in [3.8, 4) is 0 Å². The van der Waals surface area contributed by atoms with Gasteiger partial charge in [0.1, 0.15) is 9.84 Å². The van der Waals surface area contributed by atoms with Crippen molar-refractivity contribution in [2.45, 2.75) is 33.6 Å². The summed E-state index contributed by atoms with van der Waals surface area (Å²) in [5.74, 6) is 0.529. The first kappa shape index (κ1) is 16.9. The zero-order valence-corrected chi connectivity index (χ0v) is 12.4. The molecule has 0 bridgehead atoms. The van der Waals surface area contributed by atoms with E-state index in [-0.39, 0.29) is 16.9 Å². The zero-order valence-electron chi connectivity index (χ0n) is 11.6. The van der Waals surface area contributed by atoms with Gasteiger partial charge in [0, 0.05) is 26.0 Å². The molecule has 0 aliphatic carbocycles. The van der Waals surface area contributed by atoms with E-state index in [4.69, 9.17) is 4.74 Å². The van der Waals surface area contributed by atoms with Crippen LogP contribution in [0.5, 0.6) is 0 Å². The summed E-state index contributed by atoms with van der Waals surface area (Å²) in [4.78, 5) is 0. The molecule has 0 spiro atoms. The molecule has 4 nitrogen and oxygen atoms in total. The first-order valence-corrected chi connectivity index (χ1v) is 8.05. The predicted molar refractivity (Wildman–Crippen MR) is 72.1 cm³/mol. The van der Waals surface area contributed by atoms with Crippen molar-refractivity contribution in [1.82, 2.24) is 5.32 Å². The van der Waals surface area contributed by atoms with E-state index in [1.807, 2.05) is 0 Å². The minimum atomic E-state index is -2.81. The molecule has 0 atom stereocenters. The average Bonchev–Trinajstić information content (AvgIpc) is 2.26. The number of hydrogen-bond acceptors (Lipinski definition) is 4. The fourth-order valence-electron chi connectivity index (χ4n) is 1.45. The maximum Gasteiger partial charge on any atom is 0.150 e. The largest absolute Gasteiger partial charge is 0.385 e. The minimum absolute atomic E-state index is 0.194. The van der Waals surface area contributed by atoms with Crippen LogP contribution >= 0.6 is 0 Å². The van der Waals surface area contributed by atoms with Gasteiger partial charge in [-0.1, -0.05) is 20.8 Å². The molecule has 0 aliphatic rings. The standard InChI is InChI=1S/C12H27NO3S/c1-5-17(14,15)10-6-8-13-11-12(2,3)7-9-16-4/h13H,5-11H2,1-4H3. The highest BCUT2D eigenvalue weighted by Crippen LogP contribution is 2.18. The summed E-state index contributed by atoms with van der Waals surface area (Å²) in [7, 11) is -1.10. The molecule has 0 rings (SSSR count). The molecule has 0 unspecified atom stereocenters. The molecular formula is C12H27NO3S. The summed E-state index contributed by atoms with van der Waals surface area (Å²) in [6, 6.07) is 0. The summed E-state index contributed by atoms with van der Waals surface area (Å²) in [6.07, 6.45) is 1.69. The van der Waals surface area contributed by atoms with E-state index >= 15 is 0 Å². The zero-order chi connectivity index (χ0) is 13.4. The van der Waals surface area contributed by atoms with Crippen molar-refractivity contribution >= 4 is 9.84 Å². The third-order valence-corrected chi connectivity index (χ3v) is 4.63. The van der Waals surface area contributed by atoms with Crippen molar-refractivity contribution < 1.29 is 13.2 Å². The lowest BCUT2D eigenvalue weighted by Gasteiger charge is -2.24. The highest BCUT2D eigenvalue weighted by molar-refractivity contribution is 7.91. The predicted octanol–water partition coefficient (Wildman–Crippen LogP) is 1.46. The molecular weight excluding hydrogens is 238 g/mol.